The van der Waals surface area contributed by atoms with E-state index >= 15 is 0 Å². The van der Waals surface area contributed by atoms with Gasteiger partial charge in [0.25, 0.3) is 0 Å². The van der Waals surface area contributed by atoms with Crippen LogP contribution in [0.25, 0.3) is 0 Å². The van der Waals surface area contributed by atoms with E-state index in [0.717, 1.165) is 44.9 Å². The summed E-state index contributed by atoms with van der Waals surface area (Å²) in [5, 5.41) is 21.4. The number of fused-ring (bicyclic) bond motifs is 5. The van der Waals surface area contributed by atoms with Crippen molar-refractivity contribution in [3.05, 3.63) is 11.6 Å². The summed E-state index contributed by atoms with van der Waals surface area (Å²) in [5.41, 5.74) is -1.13. The largest absolute Gasteiger partial charge is 0.450 e. The lowest BCUT2D eigenvalue weighted by molar-refractivity contribution is -0.202. The molecule has 0 spiro atoms. The summed E-state index contributed by atoms with van der Waals surface area (Å²) >= 11 is 0. The Morgan fingerprint density at radius 2 is 1.91 bits per heavy atom. The molecule has 0 amide bonds. The first-order chi connectivity index (χ1) is 15.6. The van der Waals surface area contributed by atoms with Crippen molar-refractivity contribution in [3.8, 4) is 0 Å². The fourth-order valence-electron chi connectivity index (χ4n) is 8.25. The zero-order valence-electron chi connectivity index (χ0n) is 20.4. The van der Waals surface area contributed by atoms with Crippen molar-refractivity contribution in [1.82, 2.24) is 0 Å². The molecule has 0 unspecified atom stereocenters. The minimum Gasteiger partial charge on any atom is -0.450 e. The Labute approximate surface area is 197 Å². The van der Waals surface area contributed by atoms with Gasteiger partial charge in [-0.3, -0.25) is 14.4 Å². The number of hydrogen-bond acceptors (Lipinski definition) is 6. The third kappa shape index (κ3) is 3.72. The molecule has 0 aromatic carbocycles. The van der Waals surface area contributed by atoms with Crippen LogP contribution in [0.3, 0.4) is 0 Å². The van der Waals surface area contributed by atoms with Crippen molar-refractivity contribution in [1.29, 1.82) is 0 Å². The highest BCUT2D eigenvalue weighted by atomic mass is 16.6. The Hall–Kier alpha value is -1.53. The number of aliphatic hydroxyl groups is 2. The highest BCUT2D eigenvalue weighted by Crippen LogP contribution is 2.68. The first-order valence-corrected chi connectivity index (χ1v) is 12.9. The van der Waals surface area contributed by atoms with E-state index in [1.165, 1.54) is 5.57 Å². The van der Waals surface area contributed by atoms with Gasteiger partial charge in [0.15, 0.2) is 11.4 Å². The molecule has 0 aromatic rings. The van der Waals surface area contributed by atoms with Crippen LogP contribution in [0.2, 0.25) is 0 Å². The van der Waals surface area contributed by atoms with E-state index in [1.54, 1.807) is 0 Å². The Kier molecular flexibility index (Phi) is 6.65. The van der Waals surface area contributed by atoms with Crippen LogP contribution in [0.4, 0.5) is 0 Å². The van der Waals surface area contributed by atoms with Crippen LogP contribution in [0.15, 0.2) is 11.6 Å². The van der Waals surface area contributed by atoms with Crippen molar-refractivity contribution in [2.24, 2.45) is 28.6 Å². The van der Waals surface area contributed by atoms with Crippen LogP contribution in [-0.4, -0.2) is 46.1 Å². The van der Waals surface area contributed by atoms with Crippen molar-refractivity contribution in [2.45, 2.75) is 103 Å². The number of ether oxygens (including phenoxy) is 1. The molecule has 3 fully saturated rings. The molecule has 184 valence electrons. The second-order valence-electron chi connectivity index (χ2n) is 11.5. The summed E-state index contributed by atoms with van der Waals surface area (Å²) in [7, 11) is 0. The maximum absolute atomic E-state index is 13.2. The highest BCUT2D eigenvalue weighted by Gasteiger charge is 2.70. The van der Waals surface area contributed by atoms with E-state index in [-0.39, 0.29) is 41.3 Å². The average Bonchev–Trinajstić information content (AvgIpc) is 3.06. The molecule has 0 heterocycles. The minimum atomic E-state index is -1.37. The number of carbonyl (C=O) groups excluding carboxylic acids is 3. The number of hydrogen-bond donors (Lipinski definition) is 2. The summed E-state index contributed by atoms with van der Waals surface area (Å²) in [5.74, 6) is -0.284. The molecule has 7 atom stereocenters. The van der Waals surface area contributed by atoms with E-state index in [2.05, 4.69) is 13.8 Å². The lowest BCUT2D eigenvalue weighted by Crippen LogP contribution is -2.63. The molecule has 4 aliphatic rings. The lowest BCUT2D eigenvalue weighted by atomic mass is 9.45. The molecular weight excluding hydrogens is 420 g/mol. The average molecular weight is 461 g/mol. The molecule has 0 bridgehead atoms. The topological polar surface area (TPSA) is 101 Å². The van der Waals surface area contributed by atoms with E-state index in [9.17, 15) is 24.6 Å². The summed E-state index contributed by atoms with van der Waals surface area (Å²) in [4.78, 5) is 38.1. The number of esters is 1. The number of allylic oxidation sites excluding steroid dienone is 1. The lowest BCUT2D eigenvalue weighted by Gasteiger charge is -2.60. The van der Waals surface area contributed by atoms with Gasteiger partial charge in [-0.15, -0.1) is 0 Å². The van der Waals surface area contributed by atoms with Crippen molar-refractivity contribution >= 4 is 17.5 Å². The van der Waals surface area contributed by atoms with Gasteiger partial charge >= 0.3 is 5.97 Å². The second kappa shape index (κ2) is 8.92. The first kappa shape index (κ1) is 24.6. The fraction of sp³-hybridized carbons (Fsp3) is 0.815. The zero-order valence-corrected chi connectivity index (χ0v) is 20.4. The van der Waals surface area contributed by atoms with Crippen LogP contribution in [0.5, 0.6) is 0 Å². The number of ketones is 2. The Bertz CT molecular complexity index is 848. The molecular formula is C27H40O6. The summed E-state index contributed by atoms with van der Waals surface area (Å²) in [6.45, 7) is 5.59. The van der Waals surface area contributed by atoms with Gasteiger partial charge in [0.1, 0.15) is 6.61 Å². The maximum atomic E-state index is 13.2. The smallest absolute Gasteiger partial charge is 0.306 e. The fourth-order valence-corrected chi connectivity index (χ4v) is 8.25. The normalized spacial score (nSPS) is 42.1. The van der Waals surface area contributed by atoms with Crippen LogP contribution in [-0.2, 0) is 19.1 Å². The van der Waals surface area contributed by atoms with E-state index < -0.39 is 29.5 Å². The second-order valence-corrected chi connectivity index (χ2v) is 11.5. The highest BCUT2D eigenvalue weighted by molar-refractivity contribution is 5.92. The monoisotopic (exact) mass is 460 g/mol. The van der Waals surface area contributed by atoms with Gasteiger partial charge in [0, 0.05) is 18.3 Å². The summed E-state index contributed by atoms with van der Waals surface area (Å²) < 4.78 is 6.03. The van der Waals surface area contributed by atoms with Crippen molar-refractivity contribution in [2.75, 3.05) is 6.61 Å². The van der Waals surface area contributed by atoms with Crippen molar-refractivity contribution in [3.63, 3.8) is 0 Å². The third-order valence-corrected chi connectivity index (χ3v) is 9.88. The number of unbranched alkanes of at least 4 members (excludes halogenated alkanes) is 2. The number of aliphatic hydroxyl groups excluding tert-OH is 2. The number of rotatable bonds is 7. The van der Waals surface area contributed by atoms with E-state index in [4.69, 9.17) is 4.74 Å². The molecule has 0 saturated heterocycles. The third-order valence-electron chi connectivity index (χ3n) is 9.88. The standard InChI is InChI=1S/C27H40O6/c1-4-5-6-7-23(32)33-27(22(31)16-28)13-11-20-19-9-8-17-14-18(29)10-12-25(17,2)24(19)21(30)15-26(20,27)3/h14,19-21,24,28,30H,4-13,15-16H2,1-3H3/t19-,20-,21-,24+,25+,26-,27+/m1/s1. The molecule has 6 nitrogen and oxygen atoms in total. The van der Waals surface area contributed by atoms with Crippen LogP contribution < -0.4 is 0 Å². The molecule has 2 N–H and O–H groups in total. The molecule has 4 rings (SSSR count). The molecule has 6 heteroatoms. The Balaban J connectivity index is 1.66. The first-order valence-electron chi connectivity index (χ1n) is 12.9. The summed E-state index contributed by atoms with van der Waals surface area (Å²) in [6.07, 6.45) is 8.55. The van der Waals surface area contributed by atoms with Gasteiger partial charge in [-0.2, -0.15) is 0 Å². The molecule has 4 aliphatic carbocycles. The molecule has 0 aromatic heterocycles. The number of Topliss-reactive ketones (excluding diaryl/α,β-unsaturated/α-hetero) is 1. The van der Waals surface area contributed by atoms with Gasteiger partial charge in [0.2, 0.25) is 5.78 Å². The Morgan fingerprint density at radius 1 is 1.15 bits per heavy atom. The van der Waals surface area contributed by atoms with Gasteiger partial charge in [-0.1, -0.05) is 39.2 Å². The SMILES string of the molecule is CCCCCC(=O)O[C@]1(C(=O)CO)CC[C@@H]2[C@H]3CCC4=CC(=O)CC[C@]4(C)[C@@H]3[C@H](O)C[C@]21C. The Morgan fingerprint density at radius 3 is 2.61 bits per heavy atom. The molecule has 0 radical (unpaired) electrons. The van der Waals surface area contributed by atoms with Crippen LogP contribution in [0, 0.1) is 28.6 Å². The van der Waals surface area contributed by atoms with Gasteiger partial charge in [-0.25, -0.2) is 0 Å². The maximum Gasteiger partial charge on any atom is 0.306 e. The zero-order chi connectivity index (χ0) is 24.0. The summed E-state index contributed by atoms with van der Waals surface area (Å²) in [6, 6.07) is 0. The van der Waals surface area contributed by atoms with Gasteiger partial charge in [-0.05, 0) is 74.2 Å². The predicted molar refractivity (Wildman–Crippen MR) is 123 cm³/mol. The van der Waals surface area contributed by atoms with E-state index in [0.29, 0.717) is 19.3 Å². The number of carbonyl (C=O) groups is 3. The molecule has 3 saturated carbocycles. The molecule has 0 aliphatic heterocycles. The van der Waals surface area contributed by atoms with Crippen molar-refractivity contribution < 1.29 is 29.3 Å². The van der Waals surface area contributed by atoms with Gasteiger partial charge < -0.3 is 14.9 Å². The predicted octanol–water partition coefficient (Wildman–Crippen LogP) is 3.91. The molecule has 33 heavy (non-hydrogen) atoms. The van der Waals surface area contributed by atoms with Crippen LogP contribution in [0.1, 0.15) is 91.4 Å². The minimum absolute atomic E-state index is 0.0314. The quantitative estimate of drug-likeness (QED) is 0.441. The van der Waals surface area contributed by atoms with E-state index in [1.807, 2.05) is 13.0 Å². The van der Waals surface area contributed by atoms with Gasteiger partial charge in [0.05, 0.1) is 6.10 Å². The van der Waals surface area contributed by atoms with Crippen LogP contribution >= 0.6 is 0 Å².